The predicted molar refractivity (Wildman–Crippen MR) is 88.0 cm³/mol. The Labute approximate surface area is 145 Å². The Kier molecular flexibility index (Phi) is 6.30. The minimum atomic E-state index is -4.39. The number of aliphatic hydroxyl groups excluding tert-OH is 1. The molecule has 0 aliphatic carbocycles. The largest absolute Gasteiger partial charge is 0.391 e. The van der Waals surface area contributed by atoms with Crippen molar-refractivity contribution in [3.63, 3.8) is 0 Å². The van der Waals surface area contributed by atoms with Gasteiger partial charge in [0.1, 0.15) is 4.90 Å². The zero-order valence-electron chi connectivity index (χ0n) is 13.8. The van der Waals surface area contributed by atoms with E-state index in [2.05, 4.69) is 4.72 Å². The van der Waals surface area contributed by atoms with Crippen LogP contribution in [0.5, 0.6) is 0 Å². The number of hydrogen-bond donors (Lipinski definition) is 2. The summed E-state index contributed by atoms with van der Waals surface area (Å²) in [6.07, 6.45) is -7.07. The van der Waals surface area contributed by atoms with Gasteiger partial charge in [0.05, 0.1) is 18.2 Å². The van der Waals surface area contributed by atoms with Crippen molar-refractivity contribution in [2.45, 2.75) is 23.6 Å². The molecule has 1 aromatic carbocycles. The van der Waals surface area contributed by atoms with Crippen LogP contribution in [0.25, 0.3) is 0 Å². The first-order chi connectivity index (χ1) is 11.6. The van der Waals surface area contributed by atoms with Gasteiger partial charge in [-0.2, -0.15) is 13.2 Å². The molecule has 1 aliphatic heterocycles. The van der Waals surface area contributed by atoms with Gasteiger partial charge in [0.15, 0.2) is 0 Å². The summed E-state index contributed by atoms with van der Waals surface area (Å²) >= 11 is 0. The van der Waals surface area contributed by atoms with Crippen LogP contribution in [0.1, 0.15) is 6.42 Å². The lowest BCUT2D eigenvalue weighted by molar-refractivity contribution is -0.155. The Morgan fingerprint density at radius 1 is 1.20 bits per heavy atom. The Morgan fingerprint density at radius 2 is 1.80 bits per heavy atom. The van der Waals surface area contributed by atoms with Crippen molar-refractivity contribution >= 4 is 15.7 Å². The fourth-order valence-electron chi connectivity index (χ4n) is 2.86. The van der Waals surface area contributed by atoms with Crippen molar-refractivity contribution < 1.29 is 26.7 Å². The number of benzene rings is 1. The van der Waals surface area contributed by atoms with Crippen LogP contribution in [0.3, 0.4) is 0 Å². The summed E-state index contributed by atoms with van der Waals surface area (Å²) in [5, 5.41) is 9.54. The van der Waals surface area contributed by atoms with E-state index in [1.54, 1.807) is 23.1 Å². The lowest BCUT2D eigenvalue weighted by atomic mass is 10.2. The van der Waals surface area contributed by atoms with Crippen LogP contribution in [0, 0.1) is 0 Å². The van der Waals surface area contributed by atoms with Crippen LogP contribution in [0.15, 0.2) is 29.2 Å². The van der Waals surface area contributed by atoms with E-state index in [1.807, 2.05) is 4.90 Å². The average Bonchev–Trinajstić information content (AvgIpc) is 2.54. The molecule has 1 atom stereocenters. The van der Waals surface area contributed by atoms with E-state index in [9.17, 15) is 26.7 Å². The highest BCUT2D eigenvalue weighted by Gasteiger charge is 2.32. The van der Waals surface area contributed by atoms with Gasteiger partial charge in [0, 0.05) is 32.7 Å². The quantitative estimate of drug-likeness (QED) is 0.770. The van der Waals surface area contributed by atoms with Crippen molar-refractivity contribution in [3.8, 4) is 0 Å². The average molecular weight is 381 g/mol. The first-order valence-corrected chi connectivity index (χ1v) is 9.35. The molecule has 142 valence electrons. The number of nitrogens with zero attached hydrogens (tertiary/aromatic N) is 2. The molecule has 1 unspecified atom stereocenters. The summed E-state index contributed by atoms with van der Waals surface area (Å²) in [6, 6.07) is 6.60. The second kappa shape index (κ2) is 7.90. The normalized spacial score (nSPS) is 18.4. The highest BCUT2D eigenvalue weighted by atomic mass is 32.2. The van der Waals surface area contributed by atoms with Crippen LogP contribution in [0.4, 0.5) is 18.9 Å². The monoisotopic (exact) mass is 381 g/mol. The van der Waals surface area contributed by atoms with Crippen molar-refractivity contribution in [2.24, 2.45) is 0 Å². The predicted octanol–water partition coefficient (Wildman–Crippen LogP) is 1.03. The third-order valence-electron chi connectivity index (χ3n) is 4.07. The molecule has 1 saturated heterocycles. The zero-order valence-corrected chi connectivity index (χ0v) is 14.6. The van der Waals surface area contributed by atoms with Gasteiger partial charge >= 0.3 is 6.18 Å². The second-order valence-corrected chi connectivity index (χ2v) is 7.79. The standard InChI is InChI=1S/C15H22F3N3O3S/c1-19-25(23,24)14-5-3-2-4-13(14)21-8-6-20(7-9-21)11-12(22)10-15(16,17)18/h2-5,12,19,22H,6-11H2,1H3. The third-order valence-corrected chi connectivity index (χ3v) is 5.53. The van der Waals surface area contributed by atoms with Gasteiger partial charge in [-0.3, -0.25) is 4.90 Å². The number of piperazine rings is 1. The van der Waals surface area contributed by atoms with Gasteiger partial charge in [0.25, 0.3) is 0 Å². The topological polar surface area (TPSA) is 72.9 Å². The molecule has 2 rings (SSSR count). The zero-order chi connectivity index (χ0) is 18.7. The van der Waals surface area contributed by atoms with Crippen molar-refractivity contribution in [1.29, 1.82) is 0 Å². The summed E-state index contributed by atoms with van der Waals surface area (Å²) < 4.78 is 63.4. The number of β-amino-alcohol motifs (C(OH)–C–C–N with tert-alkyl or cyclic N) is 1. The number of hydrogen-bond acceptors (Lipinski definition) is 5. The Bertz CT molecular complexity index is 674. The number of halogens is 3. The Hall–Kier alpha value is -1.36. The summed E-state index contributed by atoms with van der Waals surface area (Å²) in [4.78, 5) is 3.81. The van der Waals surface area contributed by atoms with E-state index in [0.29, 0.717) is 31.9 Å². The molecule has 0 radical (unpaired) electrons. The molecular weight excluding hydrogens is 359 g/mol. The fraction of sp³-hybridized carbons (Fsp3) is 0.600. The molecule has 0 saturated carbocycles. The SMILES string of the molecule is CNS(=O)(=O)c1ccccc1N1CCN(CC(O)CC(F)(F)F)CC1. The number of rotatable bonds is 6. The summed E-state index contributed by atoms with van der Waals surface area (Å²) in [5.41, 5.74) is 0.562. The lowest BCUT2D eigenvalue weighted by Gasteiger charge is -2.37. The third kappa shape index (κ3) is 5.56. The molecule has 1 aromatic rings. The van der Waals surface area contributed by atoms with Crippen molar-refractivity contribution in [2.75, 3.05) is 44.7 Å². The minimum Gasteiger partial charge on any atom is -0.391 e. The lowest BCUT2D eigenvalue weighted by Crippen LogP contribution is -2.49. The van der Waals surface area contributed by atoms with E-state index in [1.165, 1.54) is 13.1 Å². The Morgan fingerprint density at radius 3 is 2.36 bits per heavy atom. The molecule has 6 nitrogen and oxygen atoms in total. The molecule has 1 heterocycles. The summed E-state index contributed by atoms with van der Waals surface area (Å²) in [7, 11) is -2.26. The molecule has 25 heavy (non-hydrogen) atoms. The number of aliphatic hydroxyl groups is 1. The second-order valence-electron chi connectivity index (χ2n) is 5.94. The van der Waals surface area contributed by atoms with E-state index < -0.39 is 28.7 Å². The minimum absolute atomic E-state index is 0.0518. The smallest absolute Gasteiger partial charge is 0.391 e. The van der Waals surface area contributed by atoms with Crippen LogP contribution in [-0.4, -0.2) is 70.5 Å². The molecule has 1 aliphatic rings. The van der Waals surface area contributed by atoms with Gasteiger partial charge in [-0.15, -0.1) is 0 Å². The molecule has 0 spiro atoms. The van der Waals surface area contributed by atoms with E-state index in [4.69, 9.17) is 0 Å². The van der Waals surface area contributed by atoms with Gasteiger partial charge < -0.3 is 10.0 Å². The highest BCUT2D eigenvalue weighted by molar-refractivity contribution is 7.89. The molecule has 0 bridgehead atoms. The van der Waals surface area contributed by atoms with E-state index in [-0.39, 0.29) is 11.4 Å². The molecule has 0 aromatic heterocycles. The highest BCUT2D eigenvalue weighted by Crippen LogP contribution is 2.26. The molecule has 10 heteroatoms. The van der Waals surface area contributed by atoms with Crippen LogP contribution < -0.4 is 9.62 Å². The van der Waals surface area contributed by atoms with Gasteiger partial charge in [0.2, 0.25) is 10.0 Å². The maximum atomic E-state index is 12.3. The first-order valence-electron chi connectivity index (χ1n) is 7.87. The molecular formula is C15H22F3N3O3S. The van der Waals surface area contributed by atoms with Crippen LogP contribution >= 0.6 is 0 Å². The number of anilines is 1. The maximum absolute atomic E-state index is 12.3. The van der Waals surface area contributed by atoms with Crippen molar-refractivity contribution in [1.82, 2.24) is 9.62 Å². The van der Waals surface area contributed by atoms with Gasteiger partial charge in [-0.25, -0.2) is 13.1 Å². The van der Waals surface area contributed by atoms with E-state index >= 15 is 0 Å². The van der Waals surface area contributed by atoms with E-state index in [0.717, 1.165) is 0 Å². The van der Waals surface area contributed by atoms with Gasteiger partial charge in [-0.1, -0.05) is 12.1 Å². The van der Waals surface area contributed by atoms with Crippen LogP contribution in [-0.2, 0) is 10.0 Å². The first kappa shape index (κ1) is 20.0. The summed E-state index contributed by atoms with van der Waals surface area (Å²) in [5.74, 6) is 0. The Balaban J connectivity index is 1.99. The molecule has 2 N–H and O–H groups in total. The number of para-hydroxylation sites is 1. The summed E-state index contributed by atoms with van der Waals surface area (Å²) in [6.45, 7) is 1.78. The number of sulfonamides is 1. The van der Waals surface area contributed by atoms with Crippen molar-refractivity contribution in [3.05, 3.63) is 24.3 Å². The van der Waals surface area contributed by atoms with Crippen LogP contribution in [0.2, 0.25) is 0 Å². The number of alkyl halides is 3. The fourth-order valence-corrected chi connectivity index (χ4v) is 3.81. The van der Waals surface area contributed by atoms with Gasteiger partial charge in [-0.05, 0) is 19.2 Å². The molecule has 1 fully saturated rings. The maximum Gasteiger partial charge on any atom is 0.391 e. The molecule has 0 amide bonds. The number of nitrogens with one attached hydrogen (secondary N) is 1.